The van der Waals surface area contributed by atoms with E-state index in [0.29, 0.717) is 11.5 Å². The Morgan fingerprint density at radius 2 is 1.84 bits per heavy atom. The van der Waals surface area contributed by atoms with Crippen molar-refractivity contribution < 1.29 is 14.3 Å². The van der Waals surface area contributed by atoms with E-state index in [9.17, 15) is 4.79 Å². The minimum Gasteiger partial charge on any atom is -0.493 e. The largest absolute Gasteiger partial charge is 0.493 e. The molecule has 1 amide bonds. The van der Waals surface area contributed by atoms with E-state index in [1.807, 2.05) is 6.07 Å². The lowest BCUT2D eigenvalue weighted by Crippen LogP contribution is -2.21. The van der Waals surface area contributed by atoms with Crippen LogP contribution in [0.4, 0.5) is 5.95 Å². The number of carbonyl (C=O) groups is 1. The van der Waals surface area contributed by atoms with Crippen LogP contribution in [0.3, 0.4) is 0 Å². The molecule has 0 atom stereocenters. The molecule has 0 unspecified atom stereocenters. The second kappa shape index (κ2) is 6.34. The molecule has 0 radical (unpaired) electrons. The zero-order chi connectivity index (χ0) is 13.5. The average molecular weight is 259 g/mol. The van der Waals surface area contributed by atoms with Crippen LogP contribution in [0.1, 0.15) is 0 Å². The highest BCUT2D eigenvalue weighted by atomic mass is 16.5. The quantitative estimate of drug-likeness (QED) is 0.880. The van der Waals surface area contributed by atoms with Gasteiger partial charge >= 0.3 is 0 Å². The van der Waals surface area contributed by atoms with Gasteiger partial charge in [-0.05, 0) is 18.2 Å². The molecule has 1 aromatic carbocycles. The van der Waals surface area contributed by atoms with Gasteiger partial charge < -0.3 is 9.47 Å². The molecule has 0 spiro atoms. The molecule has 0 bridgehead atoms. The Morgan fingerprint density at radius 3 is 2.53 bits per heavy atom. The summed E-state index contributed by atoms with van der Waals surface area (Å²) < 4.78 is 10.5. The summed E-state index contributed by atoms with van der Waals surface area (Å²) in [4.78, 5) is 19.4. The number of anilines is 1. The van der Waals surface area contributed by atoms with Crippen molar-refractivity contribution in [2.75, 3.05) is 19.0 Å². The van der Waals surface area contributed by atoms with E-state index < -0.39 is 0 Å². The molecule has 19 heavy (non-hydrogen) atoms. The van der Waals surface area contributed by atoms with E-state index in [2.05, 4.69) is 15.3 Å². The molecule has 0 aliphatic rings. The summed E-state index contributed by atoms with van der Waals surface area (Å²) in [5.74, 6) is 0.994. The van der Waals surface area contributed by atoms with Crippen molar-refractivity contribution in [3.05, 3.63) is 42.7 Å². The van der Waals surface area contributed by atoms with Gasteiger partial charge in [-0.15, -0.1) is 0 Å². The number of nitrogens with zero attached hydrogens (tertiary/aromatic N) is 2. The van der Waals surface area contributed by atoms with Crippen LogP contribution in [0.25, 0.3) is 0 Å². The molecule has 1 aromatic heterocycles. The first-order chi connectivity index (χ1) is 9.29. The predicted octanol–water partition coefficient (Wildman–Crippen LogP) is 1.50. The summed E-state index contributed by atoms with van der Waals surface area (Å²) in [5, 5.41) is 2.52. The maximum atomic E-state index is 11.6. The van der Waals surface area contributed by atoms with Gasteiger partial charge in [-0.25, -0.2) is 9.97 Å². The monoisotopic (exact) mass is 259 g/mol. The van der Waals surface area contributed by atoms with Gasteiger partial charge in [-0.3, -0.25) is 10.1 Å². The number of nitrogens with one attached hydrogen (secondary N) is 1. The summed E-state index contributed by atoms with van der Waals surface area (Å²) in [5.41, 5.74) is 0. The Labute approximate surface area is 110 Å². The summed E-state index contributed by atoms with van der Waals surface area (Å²) in [7, 11) is 1.54. The highest BCUT2D eigenvalue weighted by Crippen LogP contribution is 2.25. The van der Waals surface area contributed by atoms with Crippen molar-refractivity contribution in [1.82, 2.24) is 9.97 Å². The zero-order valence-electron chi connectivity index (χ0n) is 10.4. The number of hydrogen-bond donors (Lipinski definition) is 1. The van der Waals surface area contributed by atoms with E-state index in [1.165, 1.54) is 0 Å². The average Bonchev–Trinajstić information content (AvgIpc) is 2.46. The highest BCUT2D eigenvalue weighted by molar-refractivity contribution is 5.90. The van der Waals surface area contributed by atoms with Crippen LogP contribution in [0.2, 0.25) is 0 Å². The lowest BCUT2D eigenvalue weighted by molar-refractivity contribution is -0.118. The Hall–Kier alpha value is -2.63. The molecular weight excluding hydrogens is 246 g/mol. The van der Waals surface area contributed by atoms with Crippen molar-refractivity contribution in [2.45, 2.75) is 0 Å². The third kappa shape index (κ3) is 3.67. The third-order valence-electron chi connectivity index (χ3n) is 2.24. The van der Waals surface area contributed by atoms with Crippen molar-refractivity contribution in [1.29, 1.82) is 0 Å². The molecule has 0 aliphatic heterocycles. The maximum absolute atomic E-state index is 11.6. The number of ether oxygens (including phenoxy) is 2. The summed E-state index contributed by atoms with van der Waals surface area (Å²) in [6, 6.07) is 8.78. The molecule has 0 saturated heterocycles. The van der Waals surface area contributed by atoms with E-state index >= 15 is 0 Å². The van der Waals surface area contributed by atoms with E-state index in [-0.39, 0.29) is 18.5 Å². The van der Waals surface area contributed by atoms with Crippen LogP contribution in [0.5, 0.6) is 11.5 Å². The van der Waals surface area contributed by atoms with E-state index in [1.54, 1.807) is 43.8 Å². The molecule has 0 saturated carbocycles. The summed E-state index contributed by atoms with van der Waals surface area (Å²) in [6.07, 6.45) is 3.09. The molecule has 1 heterocycles. The van der Waals surface area contributed by atoms with Crippen molar-refractivity contribution in [2.24, 2.45) is 0 Å². The molecule has 98 valence electrons. The fourth-order valence-corrected chi connectivity index (χ4v) is 1.41. The van der Waals surface area contributed by atoms with Gasteiger partial charge in [0.1, 0.15) is 0 Å². The molecular formula is C13H13N3O3. The standard InChI is InChI=1S/C13H13N3O3/c1-18-10-5-2-3-6-11(10)19-9-12(17)16-13-14-7-4-8-15-13/h2-8H,9H2,1H3,(H,14,15,16,17). The molecule has 1 N–H and O–H groups in total. The van der Waals surface area contributed by atoms with Crippen molar-refractivity contribution in [3.63, 3.8) is 0 Å². The number of carbonyl (C=O) groups excluding carboxylic acids is 1. The second-order valence-corrected chi connectivity index (χ2v) is 3.56. The normalized spacial score (nSPS) is 9.74. The molecule has 2 rings (SSSR count). The van der Waals surface area contributed by atoms with Gasteiger partial charge in [-0.1, -0.05) is 12.1 Å². The minimum absolute atomic E-state index is 0.140. The predicted molar refractivity (Wildman–Crippen MR) is 69.2 cm³/mol. The molecule has 2 aromatic rings. The van der Waals surface area contributed by atoms with Crippen LogP contribution in [0, 0.1) is 0 Å². The summed E-state index contributed by atoms with van der Waals surface area (Å²) in [6.45, 7) is -0.140. The van der Waals surface area contributed by atoms with Crippen molar-refractivity contribution >= 4 is 11.9 Å². The minimum atomic E-state index is -0.336. The Kier molecular flexibility index (Phi) is 4.28. The van der Waals surface area contributed by atoms with Crippen LogP contribution >= 0.6 is 0 Å². The maximum Gasteiger partial charge on any atom is 0.264 e. The number of aromatic nitrogens is 2. The topological polar surface area (TPSA) is 73.3 Å². The lowest BCUT2D eigenvalue weighted by Gasteiger charge is -2.09. The number of methoxy groups -OCH3 is 1. The first-order valence-corrected chi connectivity index (χ1v) is 5.62. The van der Waals surface area contributed by atoms with Gasteiger partial charge in [0.15, 0.2) is 18.1 Å². The molecule has 6 nitrogen and oxygen atoms in total. The highest BCUT2D eigenvalue weighted by Gasteiger charge is 2.07. The Bertz CT molecular complexity index is 546. The first-order valence-electron chi connectivity index (χ1n) is 5.62. The van der Waals surface area contributed by atoms with E-state index in [0.717, 1.165) is 0 Å². The second-order valence-electron chi connectivity index (χ2n) is 3.56. The number of hydrogen-bond acceptors (Lipinski definition) is 5. The van der Waals surface area contributed by atoms with Crippen molar-refractivity contribution in [3.8, 4) is 11.5 Å². The van der Waals surface area contributed by atoms with Crippen LogP contribution in [0.15, 0.2) is 42.7 Å². The van der Waals surface area contributed by atoms with Crippen LogP contribution in [-0.4, -0.2) is 29.6 Å². The van der Waals surface area contributed by atoms with Crippen LogP contribution in [-0.2, 0) is 4.79 Å². The van der Waals surface area contributed by atoms with Gasteiger partial charge in [-0.2, -0.15) is 0 Å². The fourth-order valence-electron chi connectivity index (χ4n) is 1.41. The van der Waals surface area contributed by atoms with Gasteiger partial charge in [0.2, 0.25) is 5.95 Å². The number of amides is 1. The van der Waals surface area contributed by atoms with Gasteiger partial charge in [0.05, 0.1) is 7.11 Å². The fraction of sp³-hybridized carbons (Fsp3) is 0.154. The zero-order valence-corrected chi connectivity index (χ0v) is 10.4. The molecule has 6 heteroatoms. The Morgan fingerprint density at radius 1 is 1.16 bits per heavy atom. The summed E-state index contributed by atoms with van der Waals surface area (Å²) >= 11 is 0. The first kappa shape index (κ1) is 12.8. The number of rotatable bonds is 5. The smallest absolute Gasteiger partial charge is 0.264 e. The van der Waals surface area contributed by atoms with E-state index in [4.69, 9.17) is 9.47 Å². The molecule has 0 aliphatic carbocycles. The number of benzene rings is 1. The number of para-hydroxylation sites is 2. The van der Waals surface area contributed by atoms with Gasteiger partial charge in [0.25, 0.3) is 5.91 Å². The third-order valence-corrected chi connectivity index (χ3v) is 2.24. The lowest BCUT2D eigenvalue weighted by atomic mass is 10.3. The van der Waals surface area contributed by atoms with Crippen LogP contribution < -0.4 is 14.8 Å². The SMILES string of the molecule is COc1ccccc1OCC(=O)Nc1ncccn1. The Balaban J connectivity index is 1.90. The van der Waals surface area contributed by atoms with Gasteiger partial charge in [0, 0.05) is 12.4 Å². The molecule has 0 fully saturated rings.